The van der Waals surface area contributed by atoms with E-state index >= 15 is 0 Å². The highest BCUT2D eigenvalue weighted by Gasteiger charge is 2.50. The van der Waals surface area contributed by atoms with Crippen LogP contribution in [-0.4, -0.2) is 42.3 Å². The summed E-state index contributed by atoms with van der Waals surface area (Å²) in [7, 11) is -3.16. The molecule has 0 radical (unpaired) electrons. The molecule has 0 aliphatic carbocycles. The van der Waals surface area contributed by atoms with Crippen LogP contribution in [0, 0.1) is 0 Å². The Kier molecular flexibility index (Phi) is 4.96. The zero-order chi connectivity index (χ0) is 19.2. The minimum absolute atomic E-state index is 0.0230. The lowest BCUT2D eigenvalue weighted by atomic mass is 10.2. The van der Waals surface area contributed by atoms with Crippen molar-refractivity contribution in [3.05, 3.63) is 64.1 Å². The average molecular weight is 441 g/mol. The molecule has 0 aromatic heterocycles. The van der Waals surface area contributed by atoms with Crippen molar-refractivity contribution in [1.29, 1.82) is 0 Å². The summed E-state index contributed by atoms with van der Waals surface area (Å²) in [6.07, 6.45) is 0. The number of amides is 1. The molecular weight excluding hydrogens is 427 g/mol. The second-order valence-corrected chi connectivity index (χ2v) is 10.5. The number of hydrogen-bond donors (Lipinski definition) is 0. The maximum atomic E-state index is 12.6. The molecule has 2 atom stereocenters. The second kappa shape index (κ2) is 7.13. The van der Waals surface area contributed by atoms with E-state index in [9.17, 15) is 13.2 Å². The van der Waals surface area contributed by atoms with Crippen LogP contribution < -0.4 is 4.90 Å². The maximum Gasteiger partial charge on any atom is 0.279 e. The SMILES string of the molecule is O=C(N=C1S[C@H]2CS(=O)(=O)C[C@H]2N1c1c(Cl)cccc1Cl)c1ccccc1. The number of carbonyl (C=O) groups excluding carboxylic acids is 1. The highest BCUT2D eigenvalue weighted by atomic mass is 35.5. The number of halogens is 2. The summed E-state index contributed by atoms with van der Waals surface area (Å²) in [6, 6.07) is 13.4. The number of rotatable bonds is 2. The van der Waals surface area contributed by atoms with Gasteiger partial charge in [0.15, 0.2) is 15.0 Å². The Morgan fingerprint density at radius 2 is 1.70 bits per heavy atom. The summed E-state index contributed by atoms with van der Waals surface area (Å²) in [6.45, 7) is 0. The lowest BCUT2D eigenvalue weighted by Gasteiger charge is -2.26. The number of amidine groups is 1. The zero-order valence-corrected chi connectivity index (χ0v) is 17.0. The highest BCUT2D eigenvalue weighted by molar-refractivity contribution is 8.16. The molecule has 2 aromatic carbocycles. The lowest BCUT2D eigenvalue weighted by molar-refractivity contribution is 0.100. The van der Waals surface area contributed by atoms with E-state index in [1.165, 1.54) is 11.8 Å². The number of benzene rings is 2. The smallest absolute Gasteiger partial charge is 0.279 e. The molecule has 9 heteroatoms. The second-order valence-electron chi connectivity index (χ2n) is 6.31. The molecule has 2 aromatic rings. The summed E-state index contributed by atoms with van der Waals surface area (Å²) in [4.78, 5) is 18.6. The van der Waals surface area contributed by atoms with Gasteiger partial charge in [-0.3, -0.25) is 4.79 Å². The molecular formula is C18H14Cl2N2O3S2. The van der Waals surface area contributed by atoms with E-state index in [0.29, 0.717) is 26.5 Å². The van der Waals surface area contributed by atoms with Crippen molar-refractivity contribution < 1.29 is 13.2 Å². The molecule has 2 aliphatic rings. The summed E-state index contributed by atoms with van der Waals surface area (Å²) < 4.78 is 24.3. The minimum Gasteiger partial charge on any atom is -0.313 e. The number of nitrogens with zero attached hydrogens (tertiary/aromatic N) is 2. The van der Waals surface area contributed by atoms with Gasteiger partial charge in [0.25, 0.3) is 5.91 Å². The van der Waals surface area contributed by atoms with E-state index < -0.39 is 15.7 Å². The van der Waals surface area contributed by atoms with E-state index in [2.05, 4.69) is 4.99 Å². The number of sulfone groups is 1. The van der Waals surface area contributed by atoms with Crippen LogP contribution in [0.2, 0.25) is 10.0 Å². The first-order valence-corrected chi connectivity index (χ1v) is 11.6. The van der Waals surface area contributed by atoms with Gasteiger partial charge in [-0.15, -0.1) is 0 Å². The van der Waals surface area contributed by atoms with Crippen LogP contribution in [0.25, 0.3) is 0 Å². The van der Waals surface area contributed by atoms with Crippen molar-refractivity contribution in [1.82, 2.24) is 0 Å². The van der Waals surface area contributed by atoms with Gasteiger partial charge in [-0.2, -0.15) is 4.99 Å². The van der Waals surface area contributed by atoms with Crippen LogP contribution in [0.15, 0.2) is 53.5 Å². The molecule has 4 rings (SSSR count). The van der Waals surface area contributed by atoms with Crippen LogP contribution in [0.1, 0.15) is 10.4 Å². The largest absolute Gasteiger partial charge is 0.313 e. The summed E-state index contributed by atoms with van der Waals surface area (Å²) in [5.41, 5.74) is 0.943. The molecule has 0 bridgehead atoms. The van der Waals surface area contributed by atoms with Crippen molar-refractivity contribution >= 4 is 61.6 Å². The zero-order valence-electron chi connectivity index (χ0n) is 13.9. The number of fused-ring (bicyclic) bond motifs is 1. The molecule has 2 heterocycles. The first kappa shape index (κ1) is 18.8. The molecule has 0 spiro atoms. The number of para-hydroxylation sites is 1. The van der Waals surface area contributed by atoms with E-state index in [1.54, 1.807) is 47.4 Å². The Morgan fingerprint density at radius 3 is 2.37 bits per heavy atom. The van der Waals surface area contributed by atoms with Gasteiger partial charge < -0.3 is 4.90 Å². The van der Waals surface area contributed by atoms with Gasteiger partial charge in [0.1, 0.15) is 0 Å². The average Bonchev–Trinajstić information content (AvgIpc) is 3.07. The quantitative estimate of drug-likeness (QED) is 0.707. The fourth-order valence-corrected chi connectivity index (χ4v) is 7.76. The molecule has 2 saturated heterocycles. The molecule has 140 valence electrons. The van der Waals surface area contributed by atoms with Gasteiger partial charge in [-0.1, -0.05) is 59.2 Å². The standard InChI is InChI=1S/C18H14Cl2N2O3S2/c19-12-7-4-8-13(20)16(12)22-14-9-27(24,25)10-15(14)26-18(22)21-17(23)11-5-2-1-3-6-11/h1-8,14-15H,9-10H2/t14-,15+/m1/s1. The Hall–Kier alpha value is -1.54. The van der Waals surface area contributed by atoms with Gasteiger partial charge in [0, 0.05) is 10.8 Å². The molecule has 5 nitrogen and oxygen atoms in total. The van der Waals surface area contributed by atoms with Gasteiger partial charge >= 0.3 is 0 Å². The topological polar surface area (TPSA) is 66.8 Å². The van der Waals surface area contributed by atoms with Crippen molar-refractivity contribution in [2.45, 2.75) is 11.3 Å². The van der Waals surface area contributed by atoms with Gasteiger partial charge in [-0.05, 0) is 24.3 Å². The van der Waals surface area contributed by atoms with Crippen molar-refractivity contribution in [3.8, 4) is 0 Å². The Labute approximate surface area is 171 Å². The number of thioether (sulfide) groups is 1. The molecule has 0 N–H and O–H groups in total. The van der Waals surface area contributed by atoms with Crippen molar-refractivity contribution in [2.24, 2.45) is 4.99 Å². The third-order valence-electron chi connectivity index (χ3n) is 4.46. The normalized spacial score (nSPS) is 25.0. The van der Waals surface area contributed by atoms with E-state index in [-0.39, 0.29) is 22.8 Å². The van der Waals surface area contributed by atoms with Crippen molar-refractivity contribution in [2.75, 3.05) is 16.4 Å². The van der Waals surface area contributed by atoms with E-state index in [0.717, 1.165) is 0 Å². The number of carbonyl (C=O) groups is 1. The van der Waals surface area contributed by atoms with Crippen LogP contribution in [0.3, 0.4) is 0 Å². The molecule has 0 saturated carbocycles. The Bertz CT molecular complexity index is 1020. The fraction of sp³-hybridized carbons (Fsp3) is 0.222. The first-order chi connectivity index (χ1) is 12.9. The fourth-order valence-electron chi connectivity index (χ4n) is 3.28. The first-order valence-electron chi connectivity index (χ1n) is 8.14. The maximum absolute atomic E-state index is 12.6. The third kappa shape index (κ3) is 3.61. The summed E-state index contributed by atoms with van der Waals surface area (Å²) >= 11 is 14.0. The predicted octanol–water partition coefficient (Wildman–Crippen LogP) is 3.91. The number of hydrogen-bond acceptors (Lipinski definition) is 4. The number of anilines is 1. The molecule has 2 fully saturated rings. The molecule has 27 heavy (non-hydrogen) atoms. The minimum atomic E-state index is -3.16. The Balaban J connectivity index is 1.79. The highest BCUT2D eigenvalue weighted by Crippen LogP contribution is 2.45. The third-order valence-corrected chi connectivity index (χ3v) is 8.28. The monoisotopic (exact) mass is 440 g/mol. The van der Waals surface area contributed by atoms with Gasteiger partial charge in [0.2, 0.25) is 0 Å². The van der Waals surface area contributed by atoms with Gasteiger partial charge in [-0.25, -0.2) is 8.42 Å². The summed E-state index contributed by atoms with van der Waals surface area (Å²) in [5.74, 6) is -0.376. The van der Waals surface area contributed by atoms with E-state index in [4.69, 9.17) is 23.2 Å². The molecule has 0 unspecified atom stereocenters. The molecule has 2 aliphatic heterocycles. The van der Waals surface area contributed by atoms with Crippen LogP contribution in [0.5, 0.6) is 0 Å². The molecule has 1 amide bonds. The van der Waals surface area contributed by atoms with Crippen molar-refractivity contribution in [3.63, 3.8) is 0 Å². The van der Waals surface area contributed by atoms with Crippen LogP contribution >= 0.6 is 35.0 Å². The van der Waals surface area contributed by atoms with Crippen LogP contribution in [0.4, 0.5) is 5.69 Å². The number of aliphatic imine (C=N–C) groups is 1. The van der Waals surface area contributed by atoms with E-state index in [1.807, 2.05) is 6.07 Å². The summed E-state index contributed by atoms with van der Waals surface area (Å²) in [5, 5.41) is 0.967. The predicted molar refractivity (Wildman–Crippen MR) is 111 cm³/mol. The Morgan fingerprint density at radius 1 is 1.04 bits per heavy atom. The van der Waals surface area contributed by atoms with Crippen LogP contribution in [-0.2, 0) is 9.84 Å². The van der Waals surface area contributed by atoms with Gasteiger partial charge in [0.05, 0.1) is 33.3 Å². The lowest BCUT2D eigenvalue weighted by Crippen LogP contribution is -2.38.